The Balaban J connectivity index is 0.00000225. The van der Waals surface area contributed by atoms with Crippen LogP contribution in [0.3, 0.4) is 0 Å². The molecule has 1 aromatic heterocycles. The first kappa shape index (κ1) is 20.7. The number of aromatic amines is 1. The molecule has 3 nitrogen and oxygen atoms in total. The van der Waals surface area contributed by atoms with E-state index in [2.05, 4.69) is 29.1 Å². The average molecular weight is 406 g/mol. The van der Waals surface area contributed by atoms with Crippen LogP contribution in [0.5, 0.6) is 0 Å². The molecule has 0 saturated heterocycles. The topological polar surface area (TPSA) is 40.7 Å². The zero-order chi connectivity index (χ0) is 19.0. The molecule has 2 aromatic carbocycles. The summed E-state index contributed by atoms with van der Waals surface area (Å²) in [6.07, 6.45) is 6.00. The van der Waals surface area contributed by atoms with Crippen molar-refractivity contribution < 1.29 is 8.78 Å². The lowest BCUT2D eigenvalue weighted by molar-refractivity contribution is 0.205. The number of aromatic nitrogens is 2. The van der Waals surface area contributed by atoms with E-state index in [0.29, 0.717) is 17.0 Å². The van der Waals surface area contributed by atoms with Gasteiger partial charge in [-0.1, -0.05) is 19.9 Å². The van der Waals surface area contributed by atoms with Gasteiger partial charge in [0.1, 0.15) is 11.6 Å². The zero-order valence-corrected chi connectivity index (χ0v) is 17.0. The van der Waals surface area contributed by atoms with Crippen LogP contribution in [0.4, 0.5) is 8.78 Å². The number of rotatable bonds is 4. The van der Waals surface area contributed by atoms with E-state index in [-0.39, 0.29) is 24.5 Å². The maximum atomic E-state index is 14.6. The van der Waals surface area contributed by atoms with Gasteiger partial charge in [-0.15, -0.1) is 12.4 Å². The number of fused-ring (bicyclic) bond motifs is 1. The Morgan fingerprint density at radius 1 is 1.07 bits per heavy atom. The first-order valence-electron chi connectivity index (χ1n) is 9.56. The van der Waals surface area contributed by atoms with Crippen LogP contribution in [0.2, 0.25) is 0 Å². The summed E-state index contributed by atoms with van der Waals surface area (Å²) < 4.78 is 29.3. The van der Waals surface area contributed by atoms with Gasteiger partial charge in [0.15, 0.2) is 0 Å². The van der Waals surface area contributed by atoms with Crippen molar-refractivity contribution in [3.8, 4) is 11.1 Å². The van der Waals surface area contributed by atoms with Gasteiger partial charge in [0, 0.05) is 18.2 Å². The van der Waals surface area contributed by atoms with Crippen LogP contribution in [0, 0.1) is 17.0 Å². The number of imidazole rings is 1. The van der Waals surface area contributed by atoms with Crippen molar-refractivity contribution in [2.45, 2.75) is 52.1 Å². The molecular formula is C22H26ClF2N3. The van der Waals surface area contributed by atoms with Gasteiger partial charge in [0.05, 0.1) is 17.4 Å². The molecule has 0 spiro atoms. The number of benzene rings is 2. The van der Waals surface area contributed by atoms with Gasteiger partial charge in [-0.2, -0.15) is 0 Å². The molecule has 2 N–H and O–H groups in total. The normalized spacial score (nSPS) is 16.9. The summed E-state index contributed by atoms with van der Waals surface area (Å²) >= 11 is 0. The number of H-pyrrole nitrogens is 1. The summed E-state index contributed by atoms with van der Waals surface area (Å²) in [5.41, 5.74) is 3.47. The molecule has 0 bridgehead atoms. The van der Waals surface area contributed by atoms with Crippen molar-refractivity contribution in [3.63, 3.8) is 0 Å². The second-order valence-electron chi connectivity index (χ2n) is 8.37. The first-order valence-corrected chi connectivity index (χ1v) is 9.56. The Labute approximate surface area is 170 Å². The van der Waals surface area contributed by atoms with Gasteiger partial charge >= 0.3 is 0 Å². The van der Waals surface area contributed by atoms with Crippen molar-refractivity contribution in [2.75, 3.05) is 0 Å². The molecule has 1 heterocycles. The van der Waals surface area contributed by atoms with Gasteiger partial charge in [0.2, 0.25) is 0 Å². The summed E-state index contributed by atoms with van der Waals surface area (Å²) in [5.74, 6) is -1.00. The largest absolute Gasteiger partial charge is 0.345 e. The number of hydrogen-bond donors (Lipinski definition) is 2. The van der Waals surface area contributed by atoms with Crippen molar-refractivity contribution in [2.24, 2.45) is 5.41 Å². The van der Waals surface area contributed by atoms with E-state index in [9.17, 15) is 8.78 Å². The number of nitrogens with zero attached hydrogens (tertiary/aromatic N) is 1. The first-order chi connectivity index (χ1) is 12.9. The van der Waals surface area contributed by atoms with Crippen LogP contribution in [0.25, 0.3) is 22.2 Å². The predicted octanol–water partition coefficient (Wildman–Crippen LogP) is 5.99. The lowest BCUT2D eigenvalue weighted by Gasteiger charge is -2.34. The number of hydrogen-bond acceptors (Lipinski definition) is 2. The highest BCUT2D eigenvalue weighted by molar-refractivity contribution is 5.85. The molecule has 1 aliphatic carbocycles. The van der Waals surface area contributed by atoms with Crippen molar-refractivity contribution in [1.82, 2.24) is 15.3 Å². The second-order valence-corrected chi connectivity index (χ2v) is 8.37. The van der Waals surface area contributed by atoms with E-state index in [1.807, 2.05) is 18.2 Å². The summed E-state index contributed by atoms with van der Waals surface area (Å²) in [5, 5.41) is 3.34. The Kier molecular flexibility index (Phi) is 6.06. The van der Waals surface area contributed by atoms with Crippen LogP contribution in [0.1, 0.15) is 45.1 Å². The highest BCUT2D eigenvalue weighted by Crippen LogP contribution is 2.35. The maximum Gasteiger partial charge on any atom is 0.131 e. The molecule has 1 aliphatic rings. The monoisotopic (exact) mass is 405 g/mol. The molecule has 150 valence electrons. The third-order valence-electron chi connectivity index (χ3n) is 5.80. The van der Waals surface area contributed by atoms with Crippen molar-refractivity contribution in [1.29, 1.82) is 0 Å². The molecule has 3 aromatic rings. The quantitative estimate of drug-likeness (QED) is 0.559. The number of nitrogens with one attached hydrogen (secondary N) is 2. The summed E-state index contributed by atoms with van der Waals surface area (Å²) in [6.45, 7) is 4.78. The molecule has 0 amide bonds. The minimum atomic E-state index is -0.502. The fourth-order valence-corrected chi connectivity index (χ4v) is 3.90. The summed E-state index contributed by atoms with van der Waals surface area (Å²) in [7, 11) is 0. The van der Waals surface area contributed by atoms with Crippen LogP contribution >= 0.6 is 12.4 Å². The van der Waals surface area contributed by atoms with Crippen LogP contribution in [0.15, 0.2) is 36.7 Å². The summed E-state index contributed by atoms with van der Waals surface area (Å²) in [6, 6.07) is 8.71. The van der Waals surface area contributed by atoms with E-state index >= 15 is 0 Å². The molecule has 0 aliphatic heterocycles. The molecule has 4 rings (SSSR count). The van der Waals surface area contributed by atoms with Gasteiger partial charge in [-0.25, -0.2) is 13.8 Å². The lowest BCUT2D eigenvalue weighted by Crippen LogP contribution is -2.35. The van der Waals surface area contributed by atoms with Crippen LogP contribution < -0.4 is 5.32 Å². The summed E-state index contributed by atoms with van der Waals surface area (Å²) in [4.78, 5) is 7.19. The lowest BCUT2D eigenvalue weighted by atomic mass is 9.75. The zero-order valence-electron chi connectivity index (χ0n) is 16.2. The maximum absolute atomic E-state index is 14.6. The smallest absolute Gasteiger partial charge is 0.131 e. The third kappa shape index (κ3) is 4.36. The van der Waals surface area contributed by atoms with E-state index in [1.165, 1.54) is 12.1 Å². The van der Waals surface area contributed by atoms with Gasteiger partial charge in [0.25, 0.3) is 0 Å². The standard InChI is InChI=1S/C22H25F2N3.ClH/c1-22(2)7-5-16(6-8-22)25-12-17-18(23)9-15(10-19(17)24)14-3-4-20-21(11-14)27-13-26-20;/h3-4,9-11,13,16,25H,5-8,12H2,1-2H3,(H,26,27);1H. The molecule has 0 unspecified atom stereocenters. The Morgan fingerprint density at radius 2 is 1.75 bits per heavy atom. The predicted molar refractivity (Wildman–Crippen MR) is 112 cm³/mol. The van der Waals surface area contributed by atoms with Crippen LogP contribution in [-0.4, -0.2) is 16.0 Å². The van der Waals surface area contributed by atoms with E-state index in [0.717, 1.165) is 42.3 Å². The average Bonchev–Trinajstić information content (AvgIpc) is 3.09. The molecule has 1 saturated carbocycles. The van der Waals surface area contributed by atoms with E-state index in [4.69, 9.17) is 0 Å². The van der Waals surface area contributed by atoms with Crippen LogP contribution in [-0.2, 0) is 6.54 Å². The molecule has 1 fully saturated rings. The van der Waals surface area contributed by atoms with Gasteiger partial charge < -0.3 is 10.3 Å². The highest BCUT2D eigenvalue weighted by atomic mass is 35.5. The Bertz CT molecular complexity index is 934. The Morgan fingerprint density at radius 3 is 2.43 bits per heavy atom. The molecule has 6 heteroatoms. The third-order valence-corrected chi connectivity index (χ3v) is 5.80. The van der Waals surface area contributed by atoms with Gasteiger partial charge in [-0.05, 0) is 66.5 Å². The van der Waals surface area contributed by atoms with Crippen molar-refractivity contribution in [3.05, 3.63) is 53.9 Å². The molecule has 28 heavy (non-hydrogen) atoms. The second kappa shape index (κ2) is 8.18. The van der Waals surface area contributed by atoms with Gasteiger partial charge in [-0.3, -0.25) is 0 Å². The van der Waals surface area contributed by atoms with E-state index < -0.39 is 11.6 Å². The fourth-order valence-electron chi connectivity index (χ4n) is 3.90. The number of halogens is 3. The Hall–Kier alpha value is -1.98. The highest BCUT2D eigenvalue weighted by Gasteiger charge is 2.26. The van der Waals surface area contributed by atoms with Crippen molar-refractivity contribution >= 4 is 23.4 Å². The minimum absolute atomic E-state index is 0. The minimum Gasteiger partial charge on any atom is -0.345 e. The van der Waals surface area contributed by atoms with E-state index in [1.54, 1.807) is 6.33 Å². The SMILES string of the molecule is CC1(C)CCC(NCc2c(F)cc(-c3ccc4nc[nH]c4c3)cc2F)CC1.Cl. The molecule has 0 atom stereocenters. The molecule has 0 radical (unpaired) electrons. The fraction of sp³-hybridized carbons (Fsp3) is 0.409. The molecular weight excluding hydrogens is 380 g/mol.